The molecule has 0 heterocycles. The Labute approximate surface area is 402 Å². The van der Waals surface area contributed by atoms with Crippen molar-refractivity contribution in [2.75, 3.05) is 6.61 Å². The fraction of sp³-hybridized carbons (Fsp3) is 0.729. The summed E-state index contributed by atoms with van der Waals surface area (Å²) >= 11 is 0. The number of ether oxygens (including phenoxy) is 1. The van der Waals surface area contributed by atoms with E-state index in [0.29, 0.717) is 19.3 Å². The lowest BCUT2D eigenvalue weighted by atomic mass is 10.0. The quantitative estimate of drug-likeness (QED) is 0.0321. The fourth-order valence-electron chi connectivity index (χ4n) is 7.97. The topological polar surface area (TPSA) is 95.9 Å². The third-order valence-electron chi connectivity index (χ3n) is 12.1. The van der Waals surface area contributed by atoms with Crippen LogP contribution < -0.4 is 5.32 Å². The maximum Gasteiger partial charge on any atom is 0.306 e. The van der Waals surface area contributed by atoms with Crippen LogP contribution in [0.2, 0.25) is 0 Å². The third kappa shape index (κ3) is 47.3. The molecule has 0 rings (SSSR count). The molecule has 3 unspecified atom stereocenters. The summed E-state index contributed by atoms with van der Waals surface area (Å²) in [7, 11) is 0. The van der Waals surface area contributed by atoms with Gasteiger partial charge in [-0.1, -0.05) is 254 Å². The number of nitrogens with one attached hydrogen (secondary N) is 1. The zero-order valence-electron chi connectivity index (χ0n) is 42.6. The zero-order chi connectivity index (χ0) is 47.4. The molecule has 0 saturated heterocycles. The van der Waals surface area contributed by atoms with Gasteiger partial charge in [-0.25, -0.2) is 0 Å². The van der Waals surface area contributed by atoms with Gasteiger partial charge in [-0.15, -0.1) is 0 Å². The van der Waals surface area contributed by atoms with E-state index in [1.807, 2.05) is 12.2 Å². The average Bonchev–Trinajstić information content (AvgIpc) is 3.30. The van der Waals surface area contributed by atoms with Crippen LogP contribution in [-0.4, -0.2) is 46.9 Å². The number of aliphatic hydroxyl groups excluding tert-OH is 2. The van der Waals surface area contributed by atoms with Gasteiger partial charge in [0, 0.05) is 6.42 Å². The van der Waals surface area contributed by atoms with Gasteiger partial charge in [-0.05, 0) is 70.6 Å². The maximum atomic E-state index is 13.2. The van der Waals surface area contributed by atoms with Gasteiger partial charge in [0.1, 0.15) is 6.10 Å². The van der Waals surface area contributed by atoms with Crippen LogP contribution in [-0.2, 0) is 14.3 Å². The van der Waals surface area contributed by atoms with Crippen molar-refractivity contribution in [3.63, 3.8) is 0 Å². The summed E-state index contributed by atoms with van der Waals surface area (Å²) in [6.07, 6.45) is 67.9. The normalized spacial score (nSPS) is 13.9. The van der Waals surface area contributed by atoms with Gasteiger partial charge in [0.15, 0.2) is 0 Å². The Kier molecular flexibility index (Phi) is 49.6. The predicted octanol–water partition coefficient (Wildman–Crippen LogP) is 16.7. The number of unbranched alkanes of at least 4 members (excludes halogenated alkanes) is 27. The van der Waals surface area contributed by atoms with Crippen LogP contribution in [0, 0.1) is 0 Å². The van der Waals surface area contributed by atoms with Crippen molar-refractivity contribution in [1.29, 1.82) is 0 Å². The molecule has 0 fully saturated rings. The summed E-state index contributed by atoms with van der Waals surface area (Å²) in [5.41, 5.74) is 0. The number of esters is 1. The second-order valence-corrected chi connectivity index (χ2v) is 18.4. The number of aliphatic hydroxyl groups is 2. The summed E-state index contributed by atoms with van der Waals surface area (Å²) in [6.45, 7) is 6.30. The first kappa shape index (κ1) is 62.0. The number of hydrogen-bond acceptors (Lipinski definition) is 5. The molecule has 6 nitrogen and oxygen atoms in total. The molecule has 0 aromatic rings. The monoisotopic (exact) mass is 906 g/mol. The summed E-state index contributed by atoms with van der Waals surface area (Å²) in [4.78, 5) is 26.2. The van der Waals surface area contributed by atoms with E-state index in [4.69, 9.17) is 4.74 Å². The Morgan fingerprint density at radius 2 is 0.831 bits per heavy atom. The van der Waals surface area contributed by atoms with E-state index >= 15 is 0 Å². The fourth-order valence-corrected chi connectivity index (χ4v) is 7.97. The van der Waals surface area contributed by atoms with E-state index in [1.165, 1.54) is 109 Å². The summed E-state index contributed by atoms with van der Waals surface area (Å²) < 4.78 is 5.91. The SMILES string of the molecule is CC/C=C/C=C/C=C\CCCCCC(CC(=O)NC(CO)C(O)CCCCCCCCCCCCCCCCCCC)OC(=O)CCCCCCC/C=C/C=C/C=C/C=C/CCCCC. The van der Waals surface area contributed by atoms with Gasteiger partial charge in [-0.2, -0.15) is 0 Å². The minimum absolute atomic E-state index is 0.0409. The minimum Gasteiger partial charge on any atom is -0.462 e. The van der Waals surface area contributed by atoms with Crippen LogP contribution in [0.15, 0.2) is 85.1 Å². The molecule has 0 aromatic carbocycles. The molecule has 3 N–H and O–H groups in total. The molecule has 0 aromatic heterocycles. The molecule has 0 spiro atoms. The van der Waals surface area contributed by atoms with E-state index in [2.05, 4.69) is 99.0 Å². The van der Waals surface area contributed by atoms with Crippen molar-refractivity contribution < 1.29 is 24.5 Å². The molecular weight excluding hydrogens is 803 g/mol. The summed E-state index contributed by atoms with van der Waals surface area (Å²) in [5, 5.41) is 23.8. The van der Waals surface area contributed by atoms with Crippen molar-refractivity contribution in [2.45, 2.75) is 270 Å². The molecule has 0 bridgehead atoms. The van der Waals surface area contributed by atoms with Crippen molar-refractivity contribution in [3.05, 3.63) is 85.1 Å². The summed E-state index contributed by atoms with van der Waals surface area (Å²) in [5.74, 6) is -0.538. The van der Waals surface area contributed by atoms with Gasteiger partial charge in [-0.3, -0.25) is 9.59 Å². The average molecular weight is 906 g/mol. The van der Waals surface area contributed by atoms with Crippen LogP contribution >= 0.6 is 0 Å². The highest BCUT2D eigenvalue weighted by atomic mass is 16.5. The Balaban J connectivity index is 4.56. The first-order chi connectivity index (χ1) is 32.0. The van der Waals surface area contributed by atoms with Crippen molar-refractivity contribution in [3.8, 4) is 0 Å². The van der Waals surface area contributed by atoms with Crippen LogP contribution in [0.25, 0.3) is 0 Å². The number of allylic oxidation sites excluding steroid dienone is 14. The van der Waals surface area contributed by atoms with Gasteiger partial charge in [0.05, 0.1) is 25.2 Å². The molecular formula is C59H103NO5. The van der Waals surface area contributed by atoms with E-state index in [0.717, 1.165) is 96.3 Å². The second kappa shape index (κ2) is 52.0. The standard InChI is InChI=1S/C59H103NO5/c1-4-7-10-13-16-19-22-24-26-28-30-32-34-37-40-43-46-49-52-59(64)65-55(50-47-44-41-38-35-21-18-15-12-9-6-3)53-58(63)60-56(54-61)57(62)51-48-45-42-39-36-33-31-29-27-25-23-20-17-14-11-8-5-2/h9,12,15-16,18-19,21-22,24,26,28,30,32,35,55-57,61-62H,4-8,10-11,13-14,17,20,23,25,27,29,31,33-34,36-54H2,1-3H3,(H,60,63)/b12-9+,18-15+,19-16+,24-22+,28-26+,32-30+,35-21-. The lowest BCUT2D eigenvalue weighted by Gasteiger charge is -2.24. The molecule has 0 aliphatic rings. The van der Waals surface area contributed by atoms with Crippen LogP contribution in [0.5, 0.6) is 0 Å². The Morgan fingerprint density at radius 3 is 1.31 bits per heavy atom. The number of rotatable bonds is 48. The predicted molar refractivity (Wildman–Crippen MR) is 282 cm³/mol. The molecule has 0 saturated carbocycles. The molecule has 3 atom stereocenters. The Bertz CT molecular complexity index is 1250. The van der Waals surface area contributed by atoms with Gasteiger partial charge in [0.25, 0.3) is 0 Å². The van der Waals surface area contributed by atoms with E-state index in [9.17, 15) is 19.8 Å². The van der Waals surface area contributed by atoms with E-state index < -0.39 is 18.2 Å². The van der Waals surface area contributed by atoms with E-state index in [-0.39, 0.29) is 24.9 Å². The minimum atomic E-state index is -0.806. The lowest BCUT2D eigenvalue weighted by molar-refractivity contribution is -0.151. The molecule has 0 radical (unpaired) electrons. The highest BCUT2D eigenvalue weighted by Gasteiger charge is 2.24. The highest BCUT2D eigenvalue weighted by Crippen LogP contribution is 2.18. The molecule has 0 aliphatic carbocycles. The molecule has 65 heavy (non-hydrogen) atoms. The number of hydrogen-bond donors (Lipinski definition) is 3. The largest absolute Gasteiger partial charge is 0.462 e. The summed E-state index contributed by atoms with van der Waals surface area (Å²) in [6, 6.07) is -0.723. The van der Waals surface area contributed by atoms with Crippen molar-refractivity contribution >= 4 is 11.9 Å². The maximum absolute atomic E-state index is 13.2. The number of carbonyl (C=O) groups is 2. The second-order valence-electron chi connectivity index (χ2n) is 18.4. The molecule has 6 heteroatoms. The highest BCUT2D eigenvalue weighted by molar-refractivity contribution is 5.77. The molecule has 374 valence electrons. The smallest absolute Gasteiger partial charge is 0.306 e. The number of carbonyl (C=O) groups excluding carboxylic acids is 2. The Hall–Kier alpha value is -2.96. The van der Waals surface area contributed by atoms with Crippen LogP contribution in [0.4, 0.5) is 0 Å². The zero-order valence-corrected chi connectivity index (χ0v) is 42.6. The molecule has 1 amide bonds. The van der Waals surface area contributed by atoms with E-state index in [1.54, 1.807) is 0 Å². The first-order valence-corrected chi connectivity index (χ1v) is 27.4. The van der Waals surface area contributed by atoms with Gasteiger partial charge in [0.2, 0.25) is 5.91 Å². The van der Waals surface area contributed by atoms with Gasteiger partial charge < -0.3 is 20.3 Å². The first-order valence-electron chi connectivity index (χ1n) is 27.4. The van der Waals surface area contributed by atoms with Crippen molar-refractivity contribution in [1.82, 2.24) is 5.32 Å². The third-order valence-corrected chi connectivity index (χ3v) is 12.1. The van der Waals surface area contributed by atoms with Gasteiger partial charge >= 0.3 is 5.97 Å². The number of amides is 1. The Morgan fingerprint density at radius 1 is 0.462 bits per heavy atom. The van der Waals surface area contributed by atoms with Crippen molar-refractivity contribution in [2.24, 2.45) is 0 Å². The van der Waals surface area contributed by atoms with Crippen LogP contribution in [0.1, 0.15) is 252 Å². The molecule has 0 aliphatic heterocycles. The van der Waals surface area contributed by atoms with Crippen LogP contribution in [0.3, 0.4) is 0 Å². The lowest BCUT2D eigenvalue weighted by Crippen LogP contribution is -2.46.